The molecule has 1 aromatic heterocycles. The van der Waals surface area contributed by atoms with Crippen molar-refractivity contribution in [2.24, 2.45) is 5.41 Å². The van der Waals surface area contributed by atoms with Crippen LogP contribution >= 0.6 is 11.3 Å². The highest BCUT2D eigenvalue weighted by Crippen LogP contribution is 2.47. The maximum absolute atomic E-state index is 12.6. The Morgan fingerprint density at radius 2 is 1.94 bits per heavy atom. The molecule has 1 amide bonds. The maximum Gasteiger partial charge on any atom is 0.253 e. The monoisotopic (exact) mass is 490 g/mol. The van der Waals surface area contributed by atoms with Gasteiger partial charge in [-0.2, -0.15) is 0 Å². The lowest BCUT2D eigenvalue weighted by Crippen LogP contribution is -2.53. The molecular weight excluding hydrogens is 456 g/mol. The van der Waals surface area contributed by atoms with E-state index in [-0.39, 0.29) is 18.6 Å². The topological polar surface area (TPSA) is 103 Å². The normalized spacial score (nSPS) is 24.6. The number of carbonyl (C=O) groups excluding carboxylic acids is 1. The number of thiophene rings is 1. The SMILES string of the molecule is COc1ccc([C@@H]2CN(C(=O)[C@@H](O)CO)C[C@@]2(C)[C@@H](C)O)cc1OC1CN(c2ccc(C)s2)C1. The molecule has 4 rings (SSSR count). The molecule has 0 radical (unpaired) electrons. The standard InChI is InChI=1S/C25H34N2O6S/c1-15-5-8-23(34-15)26-10-18(11-26)33-22-9-17(6-7-21(22)32-4)19-12-27(24(31)20(30)13-28)14-25(19,3)16(2)29/h5-9,16,18-20,28-30H,10-14H2,1-4H3/t16-,19+,20+,25+/m1/s1. The molecule has 0 spiro atoms. The average Bonchev–Trinajstić information content (AvgIpc) is 3.38. The number of amides is 1. The van der Waals surface area contributed by atoms with Gasteiger partial charge in [-0.15, -0.1) is 11.3 Å². The molecule has 2 aromatic rings. The summed E-state index contributed by atoms with van der Waals surface area (Å²) in [6, 6.07) is 10.00. The van der Waals surface area contributed by atoms with Crippen LogP contribution in [0.1, 0.15) is 30.2 Å². The van der Waals surface area contributed by atoms with Crippen molar-refractivity contribution < 1.29 is 29.6 Å². The average molecular weight is 491 g/mol. The van der Waals surface area contributed by atoms with Gasteiger partial charge in [-0.1, -0.05) is 13.0 Å². The highest BCUT2D eigenvalue weighted by molar-refractivity contribution is 7.16. The molecule has 0 aliphatic carbocycles. The fraction of sp³-hybridized carbons (Fsp3) is 0.560. The van der Waals surface area contributed by atoms with Crippen molar-refractivity contribution in [1.82, 2.24) is 4.90 Å². The van der Waals surface area contributed by atoms with Crippen molar-refractivity contribution in [3.05, 3.63) is 40.8 Å². The Hall–Kier alpha value is -2.33. The van der Waals surface area contributed by atoms with Crippen LogP contribution in [-0.2, 0) is 4.79 Å². The van der Waals surface area contributed by atoms with E-state index in [1.54, 1.807) is 25.4 Å². The minimum Gasteiger partial charge on any atom is -0.493 e. The van der Waals surface area contributed by atoms with Gasteiger partial charge < -0.3 is 34.6 Å². The Kier molecular flexibility index (Phi) is 7.09. The molecular formula is C25H34N2O6S. The number of likely N-dealkylation sites (tertiary alicyclic amines) is 1. The van der Waals surface area contributed by atoms with E-state index < -0.39 is 30.1 Å². The molecule has 34 heavy (non-hydrogen) atoms. The van der Waals surface area contributed by atoms with Crippen LogP contribution in [0.2, 0.25) is 0 Å². The number of benzene rings is 1. The van der Waals surface area contributed by atoms with Gasteiger partial charge in [-0.25, -0.2) is 0 Å². The Balaban J connectivity index is 1.53. The van der Waals surface area contributed by atoms with E-state index in [1.165, 1.54) is 14.8 Å². The van der Waals surface area contributed by atoms with E-state index in [2.05, 4.69) is 24.0 Å². The van der Waals surface area contributed by atoms with Crippen molar-refractivity contribution in [2.75, 3.05) is 44.8 Å². The van der Waals surface area contributed by atoms with E-state index in [1.807, 2.05) is 25.1 Å². The molecule has 0 unspecified atom stereocenters. The second-order valence-corrected chi connectivity index (χ2v) is 10.9. The van der Waals surface area contributed by atoms with E-state index in [0.29, 0.717) is 18.0 Å². The number of rotatable bonds is 8. The molecule has 2 aliphatic rings. The van der Waals surface area contributed by atoms with Gasteiger partial charge in [0.05, 0.1) is 37.9 Å². The molecule has 2 fully saturated rings. The summed E-state index contributed by atoms with van der Waals surface area (Å²) in [5, 5.41) is 30.9. The zero-order valence-electron chi connectivity index (χ0n) is 20.1. The number of nitrogens with zero attached hydrogens (tertiary/aromatic N) is 2. The zero-order valence-corrected chi connectivity index (χ0v) is 20.9. The molecule has 186 valence electrons. The number of aliphatic hydroxyl groups excluding tert-OH is 3. The maximum atomic E-state index is 12.6. The Morgan fingerprint density at radius 1 is 1.21 bits per heavy atom. The van der Waals surface area contributed by atoms with Gasteiger partial charge in [0.25, 0.3) is 5.91 Å². The highest BCUT2D eigenvalue weighted by Gasteiger charge is 2.49. The third kappa shape index (κ3) is 4.62. The molecule has 8 nitrogen and oxygen atoms in total. The molecule has 0 bridgehead atoms. The summed E-state index contributed by atoms with van der Waals surface area (Å²) in [5.41, 5.74) is 0.305. The van der Waals surface area contributed by atoms with Crippen LogP contribution in [0, 0.1) is 12.3 Å². The molecule has 2 saturated heterocycles. The smallest absolute Gasteiger partial charge is 0.253 e. The minimum absolute atomic E-state index is 0.0380. The summed E-state index contributed by atoms with van der Waals surface area (Å²) in [7, 11) is 1.61. The van der Waals surface area contributed by atoms with Gasteiger partial charge in [0, 0.05) is 29.3 Å². The van der Waals surface area contributed by atoms with E-state index in [9.17, 15) is 20.1 Å². The second kappa shape index (κ2) is 9.73. The van der Waals surface area contributed by atoms with Crippen LogP contribution in [-0.4, -0.2) is 84.3 Å². The number of methoxy groups -OCH3 is 1. The first-order valence-electron chi connectivity index (χ1n) is 11.6. The van der Waals surface area contributed by atoms with Gasteiger partial charge >= 0.3 is 0 Å². The first-order valence-corrected chi connectivity index (χ1v) is 12.4. The van der Waals surface area contributed by atoms with Gasteiger partial charge in [-0.3, -0.25) is 4.79 Å². The van der Waals surface area contributed by atoms with Crippen LogP contribution in [0.4, 0.5) is 5.00 Å². The van der Waals surface area contributed by atoms with Crippen molar-refractivity contribution in [3.8, 4) is 11.5 Å². The lowest BCUT2D eigenvalue weighted by Gasteiger charge is -2.40. The summed E-state index contributed by atoms with van der Waals surface area (Å²) < 4.78 is 11.9. The first-order chi connectivity index (χ1) is 16.2. The molecule has 9 heteroatoms. The molecule has 4 atom stereocenters. The summed E-state index contributed by atoms with van der Waals surface area (Å²) in [6.45, 7) is 7.34. The van der Waals surface area contributed by atoms with Crippen LogP contribution < -0.4 is 14.4 Å². The summed E-state index contributed by atoms with van der Waals surface area (Å²) in [5.74, 6) is 0.567. The molecule has 3 N–H and O–H groups in total. The second-order valence-electron chi connectivity index (χ2n) is 9.59. The fourth-order valence-electron chi connectivity index (χ4n) is 4.85. The van der Waals surface area contributed by atoms with E-state index >= 15 is 0 Å². The molecule has 0 saturated carbocycles. The lowest BCUT2D eigenvalue weighted by molar-refractivity contribution is -0.141. The van der Waals surface area contributed by atoms with Gasteiger partial charge in [-0.05, 0) is 43.7 Å². The summed E-state index contributed by atoms with van der Waals surface area (Å²) in [6.07, 6.45) is -2.11. The Bertz CT molecular complexity index is 1020. The van der Waals surface area contributed by atoms with Crippen LogP contribution in [0.3, 0.4) is 0 Å². The highest BCUT2D eigenvalue weighted by atomic mass is 32.1. The quantitative estimate of drug-likeness (QED) is 0.520. The van der Waals surface area contributed by atoms with Gasteiger partial charge in [0.1, 0.15) is 6.10 Å². The lowest BCUT2D eigenvalue weighted by atomic mass is 9.72. The number of carbonyl (C=O) groups is 1. The number of hydrogen-bond donors (Lipinski definition) is 3. The van der Waals surface area contributed by atoms with Gasteiger partial charge in [0.15, 0.2) is 17.6 Å². The number of aryl methyl sites for hydroxylation is 1. The molecule has 2 aliphatic heterocycles. The van der Waals surface area contributed by atoms with Gasteiger partial charge in [0.2, 0.25) is 0 Å². The number of ether oxygens (including phenoxy) is 2. The van der Waals surface area contributed by atoms with Crippen LogP contribution in [0.15, 0.2) is 30.3 Å². The number of anilines is 1. The predicted molar refractivity (Wildman–Crippen MR) is 131 cm³/mol. The van der Waals surface area contributed by atoms with Crippen molar-refractivity contribution in [2.45, 2.75) is 45.0 Å². The molecule has 3 heterocycles. The first kappa shape index (κ1) is 24.8. The predicted octanol–water partition coefficient (Wildman–Crippen LogP) is 2.00. The van der Waals surface area contributed by atoms with E-state index in [4.69, 9.17) is 9.47 Å². The fourth-order valence-corrected chi connectivity index (χ4v) is 5.73. The number of hydrogen-bond acceptors (Lipinski definition) is 8. The van der Waals surface area contributed by atoms with E-state index in [0.717, 1.165) is 18.7 Å². The molecule has 1 aromatic carbocycles. The zero-order chi connectivity index (χ0) is 24.6. The number of aliphatic hydroxyl groups is 3. The van der Waals surface area contributed by atoms with Crippen molar-refractivity contribution in [3.63, 3.8) is 0 Å². The van der Waals surface area contributed by atoms with Crippen molar-refractivity contribution >= 4 is 22.2 Å². The third-order valence-electron chi connectivity index (χ3n) is 7.22. The van der Waals surface area contributed by atoms with Crippen LogP contribution in [0.5, 0.6) is 11.5 Å². The summed E-state index contributed by atoms with van der Waals surface area (Å²) in [4.78, 5) is 17.7. The Morgan fingerprint density at radius 3 is 2.53 bits per heavy atom. The Labute approximate surface area is 204 Å². The summed E-state index contributed by atoms with van der Waals surface area (Å²) >= 11 is 1.77. The van der Waals surface area contributed by atoms with Crippen LogP contribution in [0.25, 0.3) is 0 Å². The minimum atomic E-state index is -1.46. The third-order valence-corrected chi connectivity index (χ3v) is 8.29. The van der Waals surface area contributed by atoms with Crippen molar-refractivity contribution in [1.29, 1.82) is 0 Å². The largest absolute Gasteiger partial charge is 0.493 e.